The summed E-state index contributed by atoms with van der Waals surface area (Å²) in [4.78, 5) is 19.0. The van der Waals surface area contributed by atoms with Crippen molar-refractivity contribution in [2.75, 3.05) is 19.6 Å². The number of hydrogen-bond donors (Lipinski definition) is 1. The van der Waals surface area contributed by atoms with E-state index in [0.717, 1.165) is 56.6 Å². The largest absolute Gasteiger partial charge is 0.353 e. The molecule has 0 atom stereocenters. The minimum atomic E-state index is -0.136. The van der Waals surface area contributed by atoms with Gasteiger partial charge in [0.05, 0.1) is 6.42 Å². The van der Waals surface area contributed by atoms with Crippen LogP contribution in [0.5, 0.6) is 0 Å². The Hall–Kier alpha value is -2.27. The summed E-state index contributed by atoms with van der Waals surface area (Å²) in [5.74, 6) is -0.0859. The smallest absolute Gasteiger partial charge is 0.226 e. The van der Waals surface area contributed by atoms with Crippen molar-refractivity contribution in [2.24, 2.45) is 0 Å². The van der Waals surface area contributed by atoms with Gasteiger partial charge in [0.2, 0.25) is 5.91 Å². The van der Waals surface area contributed by atoms with Gasteiger partial charge in [0.15, 0.2) is 0 Å². The maximum absolute atomic E-state index is 13.8. The van der Waals surface area contributed by atoms with E-state index >= 15 is 0 Å². The van der Waals surface area contributed by atoms with Crippen molar-refractivity contribution in [3.05, 3.63) is 65.7 Å². The molecule has 0 bridgehead atoms. The Labute approximate surface area is 172 Å². The number of piperidine rings is 1. The number of halogens is 1. The molecule has 2 fully saturated rings. The number of pyridine rings is 1. The maximum Gasteiger partial charge on any atom is 0.226 e. The van der Waals surface area contributed by atoms with E-state index in [-0.39, 0.29) is 23.2 Å². The van der Waals surface area contributed by atoms with Gasteiger partial charge in [0.1, 0.15) is 5.82 Å². The summed E-state index contributed by atoms with van der Waals surface area (Å²) in [7, 11) is 0. The summed E-state index contributed by atoms with van der Waals surface area (Å²) in [6.45, 7) is 2.95. The molecule has 0 spiro atoms. The standard InChI is InChI=1S/C24H30FN3O/c25-20-7-5-6-19(16-20)24(11-2-3-12-24)18-28-14-9-21(10-15-28)27-23(29)17-22-8-1-4-13-26-22/h1,4-8,13,16,21H,2-3,9-12,14-15,17-18H2,(H,27,29). The second-order valence-corrected chi connectivity index (χ2v) is 8.61. The molecular weight excluding hydrogens is 365 g/mol. The van der Waals surface area contributed by atoms with E-state index in [9.17, 15) is 9.18 Å². The Morgan fingerprint density at radius 1 is 1.14 bits per heavy atom. The Balaban J connectivity index is 1.30. The Morgan fingerprint density at radius 3 is 2.62 bits per heavy atom. The molecule has 1 saturated heterocycles. The van der Waals surface area contributed by atoms with Crippen molar-refractivity contribution in [1.29, 1.82) is 0 Å². The average Bonchev–Trinajstić information content (AvgIpc) is 3.20. The van der Waals surface area contributed by atoms with Crippen molar-refractivity contribution in [3.63, 3.8) is 0 Å². The van der Waals surface area contributed by atoms with Gasteiger partial charge in [-0.05, 0) is 55.5 Å². The number of nitrogens with one attached hydrogen (secondary N) is 1. The van der Waals surface area contributed by atoms with Gasteiger partial charge in [-0.1, -0.05) is 31.0 Å². The lowest BCUT2D eigenvalue weighted by Gasteiger charge is -2.39. The highest BCUT2D eigenvalue weighted by atomic mass is 19.1. The van der Waals surface area contributed by atoms with Crippen LogP contribution in [0.4, 0.5) is 4.39 Å². The third kappa shape index (κ3) is 5.02. The zero-order chi connectivity index (χ0) is 20.1. The number of amides is 1. The molecule has 0 radical (unpaired) electrons. The molecule has 2 heterocycles. The van der Waals surface area contributed by atoms with E-state index in [2.05, 4.69) is 21.3 Å². The van der Waals surface area contributed by atoms with Crippen LogP contribution in [0.3, 0.4) is 0 Å². The summed E-state index contributed by atoms with van der Waals surface area (Å²) in [6, 6.07) is 13.1. The molecule has 4 nitrogen and oxygen atoms in total. The van der Waals surface area contributed by atoms with E-state index in [0.29, 0.717) is 6.42 Å². The van der Waals surface area contributed by atoms with Crippen molar-refractivity contribution in [3.8, 4) is 0 Å². The van der Waals surface area contributed by atoms with E-state index < -0.39 is 0 Å². The van der Waals surface area contributed by atoms with Gasteiger partial charge < -0.3 is 10.2 Å². The minimum absolute atomic E-state index is 0.0502. The number of carbonyl (C=O) groups is 1. The summed E-state index contributed by atoms with van der Waals surface area (Å²) < 4.78 is 13.8. The van der Waals surface area contributed by atoms with E-state index in [1.54, 1.807) is 12.3 Å². The van der Waals surface area contributed by atoms with Crippen LogP contribution in [0.25, 0.3) is 0 Å². The van der Waals surface area contributed by atoms with E-state index in [1.165, 1.54) is 18.9 Å². The lowest BCUT2D eigenvalue weighted by molar-refractivity contribution is -0.121. The summed E-state index contributed by atoms with van der Waals surface area (Å²) >= 11 is 0. The second-order valence-electron chi connectivity index (χ2n) is 8.61. The first-order chi connectivity index (χ1) is 14.1. The third-order valence-corrected chi connectivity index (χ3v) is 6.54. The van der Waals surface area contributed by atoms with Gasteiger partial charge >= 0.3 is 0 Å². The van der Waals surface area contributed by atoms with Crippen molar-refractivity contribution in [2.45, 2.75) is 56.4 Å². The molecule has 1 aliphatic heterocycles. The molecule has 1 aliphatic carbocycles. The molecule has 0 unspecified atom stereocenters. The molecule has 1 amide bonds. The first-order valence-electron chi connectivity index (χ1n) is 10.8. The van der Waals surface area contributed by atoms with Crippen molar-refractivity contribution >= 4 is 5.91 Å². The number of nitrogens with zero attached hydrogens (tertiary/aromatic N) is 2. The number of rotatable bonds is 6. The summed E-state index contributed by atoms with van der Waals surface area (Å²) in [5.41, 5.74) is 2.04. The quantitative estimate of drug-likeness (QED) is 0.808. The Kier molecular flexibility index (Phi) is 6.24. The summed E-state index contributed by atoms with van der Waals surface area (Å²) in [6.07, 6.45) is 8.70. The average molecular weight is 396 g/mol. The molecule has 1 saturated carbocycles. The van der Waals surface area contributed by atoms with Crippen molar-refractivity contribution in [1.82, 2.24) is 15.2 Å². The summed E-state index contributed by atoms with van der Waals surface area (Å²) in [5, 5.41) is 3.18. The zero-order valence-corrected chi connectivity index (χ0v) is 16.9. The highest BCUT2D eigenvalue weighted by molar-refractivity contribution is 5.78. The first-order valence-corrected chi connectivity index (χ1v) is 10.8. The van der Waals surface area contributed by atoms with Crippen LogP contribution in [0, 0.1) is 5.82 Å². The number of benzene rings is 1. The lowest BCUT2D eigenvalue weighted by Crippen LogP contribution is -2.48. The lowest BCUT2D eigenvalue weighted by atomic mass is 9.78. The molecular formula is C24H30FN3O. The van der Waals surface area contributed by atoms with Crippen LogP contribution in [-0.2, 0) is 16.6 Å². The fraction of sp³-hybridized carbons (Fsp3) is 0.500. The van der Waals surface area contributed by atoms with E-state index in [1.807, 2.05) is 24.3 Å². The highest BCUT2D eigenvalue weighted by Crippen LogP contribution is 2.42. The molecule has 2 aromatic rings. The minimum Gasteiger partial charge on any atom is -0.353 e. The fourth-order valence-electron chi connectivity index (χ4n) is 5.02. The van der Waals surface area contributed by atoms with Crippen LogP contribution in [0.2, 0.25) is 0 Å². The van der Waals surface area contributed by atoms with Crippen LogP contribution in [0.15, 0.2) is 48.7 Å². The van der Waals surface area contributed by atoms with Gasteiger partial charge in [0.25, 0.3) is 0 Å². The SMILES string of the molecule is O=C(Cc1ccccn1)NC1CCN(CC2(c3cccc(F)c3)CCCC2)CC1. The molecule has 1 aromatic heterocycles. The number of likely N-dealkylation sites (tertiary alicyclic amines) is 1. The normalized spacial score (nSPS) is 19.9. The topological polar surface area (TPSA) is 45.2 Å². The molecule has 5 heteroatoms. The Bertz CT molecular complexity index is 812. The number of aromatic nitrogens is 1. The number of carbonyl (C=O) groups excluding carboxylic acids is 1. The monoisotopic (exact) mass is 395 g/mol. The molecule has 154 valence electrons. The highest BCUT2D eigenvalue weighted by Gasteiger charge is 2.38. The molecule has 29 heavy (non-hydrogen) atoms. The molecule has 1 aromatic carbocycles. The molecule has 2 aliphatic rings. The maximum atomic E-state index is 13.8. The predicted molar refractivity (Wildman–Crippen MR) is 112 cm³/mol. The first kappa shape index (κ1) is 20.0. The van der Waals surface area contributed by atoms with Gasteiger partial charge in [-0.25, -0.2) is 4.39 Å². The van der Waals surface area contributed by atoms with E-state index in [4.69, 9.17) is 0 Å². The third-order valence-electron chi connectivity index (χ3n) is 6.54. The zero-order valence-electron chi connectivity index (χ0n) is 16.9. The van der Waals surface area contributed by atoms with Crippen LogP contribution >= 0.6 is 0 Å². The molecule has 4 rings (SSSR count). The Morgan fingerprint density at radius 2 is 1.93 bits per heavy atom. The predicted octanol–water partition coefficient (Wildman–Crippen LogP) is 3.86. The van der Waals surface area contributed by atoms with Crippen LogP contribution in [-0.4, -0.2) is 41.5 Å². The van der Waals surface area contributed by atoms with Gasteiger partial charge in [-0.2, -0.15) is 0 Å². The van der Waals surface area contributed by atoms with Gasteiger partial charge in [0, 0.05) is 43.0 Å². The van der Waals surface area contributed by atoms with Gasteiger partial charge in [-0.15, -0.1) is 0 Å². The van der Waals surface area contributed by atoms with Crippen LogP contribution < -0.4 is 5.32 Å². The number of hydrogen-bond acceptors (Lipinski definition) is 3. The second kappa shape index (κ2) is 9.04. The van der Waals surface area contributed by atoms with Crippen molar-refractivity contribution < 1.29 is 9.18 Å². The fourth-order valence-corrected chi connectivity index (χ4v) is 5.02. The van der Waals surface area contributed by atoms with Gasteiger partial charge in [-0.3, -0.25) is 9.78 Å². The van der Waals surface area contributed by atoms with Crippen LogP contribution in [0.1, 0.15) is 49.8 Å². The molecule has 1 N–H and O–H groups in total.